The fraction of sp³-hybridized carbons (Fsp3) is 0.0769. The van der Waals surface area contributed by atoms with Gasteiger partial charge in [0.15, 0.2) is 11.5 Å². The molecule has 0 bridgehead atoms. The van der Waals surface area contributed by atoms with E-state index in [1.54, 1.807) is 0 Å². The maximum atomic E-state index is 6.54. The van der Waals surface area contributed by atoms with Gasteiger partial charge >= 0.3 is 0 Å². The van der Waals surface area contributed by atoms with Crippen LogP contribution in [0.1, 0.15) is 48.6 Å². The van der Waals surface area contributed by atoms with Crippen LogP contribution in [-0.2, 0) is 10.8 Å². The van der Waals surface area contributed by atoms with E-state index in [0.717, 1.165) is 39.9 Å². The zero-order valence-corrected chi connectivity index (χ0v) is 39.2. The molecule has 1 spiro atoms. The number of fused-ring (bicyclic) bond motifs is 16. The van der Waals surface area contributed by atoms with Gasteiger partial charge in [-0.15, -0.1) is 0 Å². The number of benzene rings is 10. The van der Waals surface area contributed by atoms with Gasteiger partial charge in [-0.1, -0.05) is 160 Å². The topological polar surface area (TPSA) is 19.0 Å². The first kappa shape index (κ1) is 39.5. The van der Waals surface area contributed by atoms with Gasteiger partial charge < -0.3 is 19.4 Å². The summed E-state index contributed by atoms with van der Waals surface area (Å²) in [5.41, 5.74) is 25.2. The van der Waals surface area contributed by atoms with Crippen molar-refractivity contribution in [1.29, 1.82) is 0 Å². The Labute approximate surface area is 409 Å². The first-order valence-corrected chi connectivity index (χ1v) is 24.5. The second-order valence-electron chi connectivity index (χ2n) is 20.4. The molecule has 10 aromatic carbocycles. The molecule has 15 rings (SSSR count). The molecule has 5 aliphatic rings. The second kappa shape index (κ2) is 14.3. The quantitative estimate of drug-likeness (QED) is 0.165. The molecule has 0 saturated heterocycles. The Hall–Kier alpha value is -8.54. The Kier molecular flexibility index (Phi) is 8.04. The van der Waals surface area contributed by atoms with Crippen molar-refractivity contribution in [3.63, 3.8) is 0 Å². The van der Waals surface area contributed by atoms with Gasteiger partial charge in [0.05, 0.1) is 16.8 Å². The van der Waals surface area contributed by atoms with E-state index >= 15 is 0 Å². The number of rotatable bonds is 3. The van der Waals surface area contributed by atoms with Gasteiger partial charge in [0.2, 0.25) is 0 Å². The lowest BCUT2D eigenvalue weighted by molar-refractivity contribution is 0.477. The third kappa shape index (κ3) is 5.21. The molecule has 70 heavy (non-hydrogen) atoms. The highest BCUT2D eigenvalue weighted by Gasteiger charge is 2.54. The monoisotopic (exact) mass is 895 g/mol. The molecular formula is C65H46BN3O. The third-order valence-corrected chi connectivity index (χ3v) is 15.8. The number of anilines is 9. The molecule has 3 aliphatic heterocycles. The van der Waals surface area contributed by atoms with Crippen molar-refractivity contribution in [2.24, 2.45) is 0 Å². The van der Waals surface area contributed by atoms with Crippen LogP contribution in [0.25, 0.3) is 22.3 Å². The average Bonchev–Trinajstić information content (AvgIpc) is 3.86. The average molecular weight is 896 g/mol. The zero-order valence-electron chi connectivity index (χ0n) is 39.2. The molecule has 3 heterocycles. The van der Waals surface area contributed by atoms with Crippen molar-refractivity contribution in [3.8, 4) is 33.8 Å². The molecule has 0 N–H and O–H groups in total. The summed E-state index contributed by atoms with van der Waals surface area (Å²) in [6, 6.07) is 83.7. The molecule has 0 saturated carbocycles. The standard InChI is InChI=1S/C65H46BN3O/c1-64(2,3)41-36-59-63-60(37-41)68(43-22-8-5-9-23-43)58-40-52-48(39-54(58)66(63)53-28-14-15-29-55(53)67(59)42-20-6-4-7-21-42)46-25-11-13-27-50(46)65(52)49-26-12-10-24-45(49)47-35-34-44(38-51(47)65)69-56-30-16-18-32-61(56)70-62-33-19-17-31-57(62)69/h4-40H,1-3H3. The summed E-state index contributed by atoms with van der Waals surface area (Å²) >= 11 is 0. The highest BCUT2D eigenvalue weighted by Crippen LogP contribution is 2.65. The van der Waals surface area contributed by atoms with Crippen LogP contribution in [0, 0.1) is 0 Å². The zero-order chi connectivity index (χ0) is 46.5. The van der Waals surface area contributed by atoms with Crippen molar-refractivity contribution in [2.45, 2.75) is 31.6 Å². The number of hydrogen-bond acceptors (Lipinski definition) is 4. The first-order valence-electron chi connectivity index (χ1n) is 24.5. The molecule has 0 aromatic heterocycles. The van der Waals surface area contributed by atoms with Crippen molar-refractivity contribution < 1.29 is 4.74 Å². The molecule has 330 valence electrons. The molecule has 10 aromatic rings. The second-order valence-corrected chi connectivity index (χ2v) is 20.4. The van der Waals surface area contributed by atoms with E-state index in [4.69, 9.17) is 4.74 Å². The van der Waals surface area contributed by atoms with E-state index in [2.05, 4.69) is 260 Å². The summed E-state index contributed by atoms with van der Waals surface area (Å²) in [5.74, 6) is 1.69. The van der Waals surface area contributed by atoms with Gasteiger partial charge in [0, 0.05) is 39.8 Å². The maximum Gasteiger partial charge on any atom is 0.252 e. The van der Waals surface area contributed by atoms with E-state index in [1.807, 2.05) is 0 Å². The SMILES string of the molecule is CC(C)(C)c1cc2c3c(c1)N(c1ccccc1)c1cc4c(cc1B3c1ccccc1N2c1ccccc1)-c1ccccc1C41c2ccccc2-c2ccc(N3c4ccccc4Oc4ccccc43)cc21. The number of nitrogens with zero attached hydrogens (tertiary/aromatic N) is 3. The highest BCUT2D eigenvalue weighted by molar-refractivity contribution is 7.00. The molecule has 1 unspecified atom stereocenters. The van der Waals surface area contributed by atoms with Gasteiger partial charge in [0.25, 0.3) is 6.71 Å². The number of ether oxygens (including phenoxy) is 1. The van der Waals surface area contributed by atoms with E-state index in [0.29, 0.717) is 0 Å². The molecule has 0 fully saturated rings. The highest BCUT2D eigenvalue weighted by atomic mass is 16.5. The van der Waals surface area contributed by atoms with E-state index in [-0.39, 0.29) is 12.1 Å². The van der Waals surface area contributed by atoms with Crippen LogP contribution in [0.3, 0.4) is 0 Å². The Morgan fingerprint density at radius 1 is 0.357 bits per heavy atom. The van der Waals surface area contributed by atoms with Crippen LogP contribution in [0.2, 0.25) is 0 Å². The molecule has 5 heteroatoms. The molecule has 4 nitrogen and oxygen atoms in total. The van der Waals surface area contributed by atoms with Crippen LogP contribution in [0.4, 0.5) is 51.2 Å². The van der Waals surface area contributed by atoms with E-state index in [9.17, 15) is 0 Å². The Bertz CT molecular complexity index is 3790. The van der Waals surface area contributed by atoms with Crippen LogP contribution >= 0.6 is 0 Å². The van der Waals surface area contributed by atoms with Gasteiger partial charge in [-0.3, -0.25) is 0 Å². The van der Waals surface area contributed by atoms with Crippen molar-refractivity contribution in [1.82, 2.24) is 0 Å². The Morgan fingerprint density at radius 2 is 0.843 bits per heavy atom. The van der Waals surface area contributed by atoms with E-state index in [1.165, 1.54) is 89.2 Å². The molecule has 0 amide bonds. The molecule has 2 aliphatic carbocycles. The van der Waals surface area contributed by atoms with Crippen LogP contribution < -0.4 is 35.8 Å². The minimum absolute atomic E-state index is 0.0182. The summed E-state index contributed by atoms with van der Waals surface area (Å²) in [5, 5.41) is 0. The minimum Gasteiger partial charge on any atom is -0.453 e. The Morgan fingerprint density at radius 3 is 1.47 bits per heavy atom. The number of hydrogen-bond donors (Lipinski definition) is 0. The predicted molar refractivity (Wildman–Crippen MR) is 290 cm³/mol. The maximum absolute atomic E-state index is 6.54. The smallest absolute Gasteiger partial charge is 0.252 e. The van der Waals surface area contributed by atoms with Gasteiger partial charge in [-0.2, -0.15) is 0 Å². The third-order valence-electron chi connectivity index (χ3n) is 15.8. The summed E-state index contributed by atoms with van der Waals surface area (Å²) in [6.07, 6.45) is 0. The van der Waals surface area contributed by atoms with Crippen LogP contribution in [0.5, 0.6) is 11.5 Å². The molecule has 0 radical (unpaired) electrons. The van der Waals surface area contributed by atoms with Crippen molar-refractivity contribution in [3.05, 3.63) is 252 Å². The Balaban J connectivity index is 1.04. The lowest BCUT2D eigenvalue weighted by atomic mass is 9.33. The van der Waals surface area contributed by atoms with Crippen molar-refractivity contribution >= 4 is 74.3 Å². The fourth-order valence-corrected chi connectivity index (χ4v) is 12.8. The summed E-state index contributed by atoms with van der Waals surface area (Å²) < 4.78 is 6.54. The predicted octanol–water partition coefficient (Wildman–Crippen LogP) is 15.0. The molecular weight excluding hydrogens is 850 g/mol. The summed E-state index contributed by atoms with van der Waals surface area (Å²) in [6.45, 7) is 7.02. The van der Waals surface area contributed by atoms with Gasteiger partial charge in [0.1, 0.15) is 0 Å². The lowest BCUT2D eigenvalue weighted by Gasteiger charge is -2.45. The van der Waals surface area contributed by atoms with Crippen molar-refractivity contribution in [2.75, 3.05) is 14.7 Å². The largest absolute Gasteiger partial charge is 0.453 e. The lowest BCUT2D eigenvalue weighted by Crippen LogP contribution is -2.61. The van der Waals surface area contributed by atoms with Crippen LogP contribution in [0.15, 0.2) is 224 Å². The number of para-hydroxylation sites is 7. The van der Waals surface area contributed by atoms with Crippen LogP contribution in [-0.4, -0.2) is 6.71 Å². The van der Waals surface area contributed by atoms with Gasteiger partial charge in [-0.05, 0) is 157 Å². The first-order chi connectivity index (χ1) is 34.4. The fourth-order valence-electron chi connectivity index (χ4n) is 12.8. The summed E-state index contributed by atoms with van der Waals surface area (Å²) in [4.78, 5) is 7.49. The van der Waals surface area contributed by atoms with Gasteiger partial charge in [-0.25, -0.2) is 0 Å². The van der Waals surface area contributed by atoms with E-state index < -0.39 is 5.41 Å². The minimum atomic E-state index is -0.607. The summed E-state index contributed by atoms with van der Waals surface area (Å²) in [7, 11) is 0. The normalized spacial score (nSPS) is 16.0. The molecule has 1 atom stereocenters.